The van der Waals surface area contributed by atoms with E-state index in [-0.39, 0.29) is 0 Å². The van der Waals surface area contributed by atoms with Crippen LogP contribution in [0.15, 0.2) is 24.3 Å². The highest BCUT2D eigenvalue weighted by Crippen LogP contribution is 2.22. The van der Waals surface area contributed by atoms with Gasteiger partial charge in [0.1, 0.15) is 0 Å². The van der Waals surface area contributed by atoms with E-state index in [1.807, 2.05) is 0 Å². The van der Waals surface area contributed by atoms with Gasteiger partial charge in [-0.15, -0.1) is 0 Å². The lowest BCUT2D eigenvalue weighted by atomic mass is 10.0. The molecule has 0 amide bonds. The van der Waals surface area contributed by atoms with E-state index in [1.165, 1.54) is 17.7 Å². The highest BCUT2D eigenvalue weighted by molar-refractivity contribution is 5.46. The first kappa shape index (κ1) is 15.0. The van der Waals surface area contributed by atoms with Crippen molar-refractivity contribution in [3.8, 4) is 0 Å². The summed E-state index contributed by atoms with van der Waals surface area (Å²) in [6.07, 6.45) is 1.17. The average Bonchev–Trinajstić information content (AvgIpc) is 2.39. The van der Waals surface area contributed by atoms with E-state index in [0.29, 0.717) is 12.6 Å². The monoisotopic (exact) mass is 249 g/mol. The third-order valence-electron chi connectivity index (χ3n) is 3.38. The number of hydrogen-bond donors (Lipinski definition) is 1. The lowest BCUT2D eigenvalue weighted by Gasteiger charge is -2.30. The summed E-state index contributed by atoms with van der Waals surface area (Å²) in [5.74, 6) is 0. The molecule has 1 aromatic carbocycles. The maximum atomic E-state index is 5.96. The van der Waals surface area contributed by atoms with Crippen molar-refractivity contribution in [2.45, 2.75) is 26.3 Å². The zero-order valence-corrected chi connectivity index (χ0v) is 12.2. The number of anilines is 1. The second-order valence-electron chi connectivity index (χ2n) is 4.87. The van der Waals surface area contributed by atoms with Gasteiger partial charge in [-0.05, 0) is 37.2 Å². The standard InChI is InChI=1S/C15H27N3/c1-5-11-18(6-2)15(12-16)13-7-9-14(10-8-13)17(3)4/h7-10,15H,5-6,11-12,16H2,1-4H3. The van der Waals surface area contributed by atoms with Gasteiger partial charge in [0.05, 0.1) is 0 Å². The number of hydrogen-bond acceptors (Lipinski definition) is 3. The molecule has 0 aliphatic heterocycles. The van der Waals surface area contributed by atoms with Gasteiger partial charge < -0.3 is 10.6 Å². The summed E-state index contributed by atoms with van der Waals surface area (Å²) in [6.45, 7) is 7.24. The highest BCUT2D eigenvalue weighted by atomic mass is 15.2. The van der Waals surface area contributed by atoms with Crippen molar-refractivity contribution in [2.75, 3.05) is 38.6 Å². The van der Waals surface area contributed by atoms with Gasteiger partial charge in [-0.2, -0.15) is 0 Å². The smallest absolute Gasteiger partial charge is 0.0470 e. The Labute approximate surface area is 112 Å². The first-order valence-corrected chi connectivity index (χ1v) is 6.85. The lowest BCUT2D eigenvalue weighted by molar-refractivity contribution is 0.213. The Balaban J connectivity index is 2.87. The van der Waals surface area contributed by atoms with Crippen molar-refractivity contribution >= 4 is 5.69 Å². The van der Waals surface area contributed by atoms with Gasteiger partial charge in [0, 0.05) is 32.4 Å². The minimum absolute atomic E-state index is 0.339. The quantitative estimate of drug-likeness (QED) is 0.806. The fraction of sp³-hybridized carbons (Fsp3) is 0.600. The van der Waals surface area contributed by atoms with E-state index in [1.54, 1.807) is 0 Å². The van der Waals surface area contributed by atoms with Crippen molar-refractivity contribution in [1.29, 1.82) is 0 Å². The van der Waals surface area contributed by atoms with Crippen molar-refractivity contribution in [1.82, 2.24) is 4.90 Å². The zero-order valence-electron chi connectivity index (χ0n) is 12.2. The third-order valence-corrected chi connectivity index (χ3v) is 3.38. The first-order valence-electron chi connectivity index (χ1n) is 6.85. The molecular weight excluding hydrogens is 222 g/mol. The van der Waals surface area contributed by atoms with E-state index in [2.05, 4.69) is 62.0 Å². The second-order valence-corrected chi connectivity index (χ2v) is 4.87. The Bertz CT molecular complexity index is 332. The van der Waals surface area contributed by atoms with Gasteiger partial charge in [-0.25, -0.2) is 0 Å². The molecule has 2 N–H and O–H groups in total. The van der Waals surface area contributed by atoms with Crippen molar-refractivity contribution in [3.05, 3.63) is 29.8 Å². The normalized spacial score (nSPS) is 12.8. The van der Waals surface area contributed by atoms with Gasteiger partial charge >= 0.3 is 0 Å². The van der Waals surface area contributed by atoms with Gasteiger partial charge in [0.25, 0.3) is 0 Å². The number of likely N-dealkylation sites (N-methyl/N-ethyl adjacent to an activating group) is 1. The average molecular weight is 249 g/mol. The maximum Gasteiger partial charge on any atom is 0.0470 e. The summed E-state index contributed by atoms with van der Waals surface area (Å²) < 4.78 is 0. The molecule has 1 atom stereocenters. The number of nitrogens with two attached hydrogens (primary N) is 1. The molecule has 0 saturated heterocycles. The van der Waals surface area contributed by atoms with Crippen LogP contribution in [0.1, 0.15) is 31.9 Å². The molecule has 0 fully saturated rings. The van der Waals surface area contributed by atoms with Crippen LogP contribution in [0.5, 0.6) is 0 Å². The fourth-order valence-corrected chi connectivity index (χ4v) is 2.31. The maximum absolute atomic E-state index is 5.96. The van der Waals surface area contributed by atoms with Crippen LogP contribution in [-0.4, -0.2) is 38.6 Å². The van der Waals surface area contributed by atoms with Crippen LogP contribution in [0.3, 0.4) is 0 Å². The SMILES string of the molecule is CCCN(CC)C(CN)c1ccc(N(C)C)cc1. The molecule has 0 aliphatic carbocycles. The van der Waals surface area contributed by atoms with Crippen LogP contribution >= 0.6 is 0 Å². The summed E-state index contributed by atoms with van der Waals surface area (Å²) in [4.78, 5) is 4.57. The van der Waals surface area contributed by atoms with E-state index in [4.69, 9.17) is 5.73 Å². The molecule has 1 unspecified atom stereocenters. The molecule has 0 radical (unpaired) electrons. The molecule has 102 valence electrons. The Morgan fingerprint density at radius 1 is 1.11 bits per heavy atom. The number of nitrogens with zero attached hydrogens (tertiary/aromatic N) is 2. The van der Waals surface area contributed by atoms with Crippen molar-refractivity contribution in [3.63, 3.8) is 0 Å². The topological polar surface area (TPSA) is 32.5 Å². The second kappa shape index (κ2) is 7.39. The number of rotatable bonds is 7. The Kier molecular flexibility index (Phi) is 6.16. The van der Waals surface area contributed by atoms with Crippen LogP contribution in [-0.2, 0) is 0 Å². The van der Waals surface area contributed by atoms with E-state index in [0.717, 1.165) is 13.1 Å². The molecule has 0 aromatic heterocycles. The molecule has 18 heavy (non-hydrogen) atoms. The summed E-state index contributed by atoms with van der Waals surface area (Å²) >= 11 is 0. The molecule has 0 heterocycles. The molecule has 3 heteroatoms. The predicted molar refractivity (Wildman–Crippen MR) is 80.1 cm³/mol. The van der Waals surface area contributed by atoms with Crippen molar-refractivity contribution < 1.29 is 0 Å². The molecule has 0 aliphatic rings. The minimum atomic E-state index is 0.339. The molecule has 3 nitrogen and oxygen atoms in total. The molecular formula is C15H27N3. The number of benzene rings is 1. The van der Waals surface area contributed by atoms with Crippen LogP contribution in [0.2, 0.25) is 0 Å². The van der Waals surface area contributed by atoms with Crippen LogP contribution < -0.4 is 10.6 Å². The molecule has 1 aromatic rings. The Morgan fingerprint density at radius 3 is 2.11 bits per heavy atom. The molecule has 0 spiro atoms. The fourth-order valence-electron chi connectivity index (χ4n) is 2.31. The van der Waals surface area contributed by atoms with E-state index in [9.17, 15) is 0 Å². The summed E-state index contributed by atoms with van der Waals surface area (Å²) in [5, 5.41) is 0. The molecule has 0 bridgehead atoms. The first-order chi connectivity index (χ1) is 8.63. The Hall–Kier alpha value is -1.06. The summed E-state index contributed by atoms with van der Waals surface area (Å²) in [5.41, 5.74) is 8.50. The van der Waals surface area contributed by atoms with Gasteiger partial charge in [-0.1, -0.05) is 26.0 Å². The lowest BCUT2D eigenvalue weighted by Crippen LogP contribution is -2.34. The van der Waals surface area contributed by atoms with Gasteiger partial charge in [0.15, 0.2) is 0 Å². The van der Waals surface area contributed by atoms with E-state index < -0.39 is 0 Å². The Morgan fingerprint density at radius 2 is 1.72 bits per heavy atom. The van der Waals surface area contributed by atoms with Gasteiger partial charge in [-0.3, -0.25) is 4.90 Å². The predicted octanol–water partition coefficient (Wildman–Crippen LogP) is 2.48. The molecule has 1 rings (SSSR count). The third kappa shape index (κ3) is 3.72. The largest absolute Gasteiger partial charge is 0.378 e. The summed E-state index contributed by atoms with van der Waals surface area (Å²) in [7, 11) is 4.12. The highest BCUT2D eigenvalue weighted by Gasteiger charge is 2.16. The zero-order chi connectivity index (χ0) is 13.5. The van der Waals surface area contributed by atoms with Crippen LogP contribution in [0.25, 0.3) is 0 Å². The van der Waals surface area contributed by atoms with Crippen LogP contribution in [0.4, 0.5) is 5.69 Å². The molecule has 0 saturated carbocycles. The van der Waals surface area contributed by atoms with Crippen LogP contribution in [0, 0.1) is 0 Å². The summed E-state index contributed by atoms with van der Waals surface area (Å²) in [6, 6.07) is 9.07. The minimum Gasteiger partial charge on any atom is -0.378 e. The van der Waals surface area contributed by atoms with E-state index >= 15 is 0 Å². The van der Waals surface area contributed by atoms with Gasteiger partial charge in [0.2, 0.25) is 0 Å². The van der Waals surface area contributed by atoms with Crippen molar-refractivity contribution in [2.24, 2.45) is 5.73 Å².